The first kappa shape index (κ1) is 14.0. The molecule has 0 radical (unpaired) electrons. The minimum absolute atomic E-state index is 0. The Kier molecular flexibility index (Phi) is 5.74. The van der Waals surface area contributed by atoms with Gasteiger partial charge in [0.2, 0.25) is 0 Å². The van der Waals surface area contributed by atoms with Crippen molar-refractivity contribution < 1.29 is 5.11 Å². The largest absolute Gasteiger partial charge is 0.508 e. The molecule has 0 aliphatic carbocycles. The maximum absolute atomic E-state index is 9.59. The van der Waals surface area contributed by atoms with Crippen molar-refractivity contribution in [3.05, 3.63) is 39.3 Å². The van der Waals surface area contributed by atoms with Gasteiger partial charge in [-0.3, -0.25) is 0 Å². The maximum Gasteiger partial charge on any atom is 0.122 e. The van der Waals surface area contributed by atoms with Crippen LogP contribution in [0.2, 0.25) is 0 Å². The maximum atomic E-state index is 9.59. The third-order valence-corrected chi connectivity index (χ3v) is 2.77. The van der Waals surface area contributed by atoms with E-state index in [4.69, 9.17) is 5.73 Å². The van der Waals surface area contributed by atoms with Gasteiger partial charge in [0.15, 0.2) is 0 Å². The molecule has 0 bridgehead atoms. The minimum atomic E-state index is -0.359. The van der Waals surface area contributed by atoms with Crippen LogP contribution in [0.25, 0.3) is 0 Å². The number of halogens is 3. The van der Waals surface area contributed by atoms with E-state index in [0.29, 0.717) is 5.56 Å². The molecule has 0 amide bonds. The summed E-state index contributed by atoms with van der Waals surface area (Å²) < 4.78 is 1.57. The summed E-state index contributed by atoms with van der Waals surface area (Å²) >= 11 is 6.58. The van der Waals surface area contributed by atoms with Gasteiger partial charge in [-0.25, -0.2) is 0 Å². The van der Waals surface area contributed by atoms with Gasteiger partial charge >= 0.3 is 0 Å². The second kappa shape index (κ2) is 5.75. The van der Waals surface area contributed by atoms with Gasteiger partial charge in [0.25, 0.3) is 0 Å². The Morgan fingerprint density at radius 3 is 2.43 bits per heavy atom. The summed E-state index contributed by atoms with van der Waals surface area (Å²) in [5, 5.41) is 9.59. The summed E-state index contributed by atoms with van der Waals surface area (Å²) in [6.45, 7) is 3.57. The lowest BCUT2D eigenvalue weighted by atomic mass is 10.1. The number of hydrogen-bond acceptors (Lipinski definition) is 2. The lowest BCUT2D eigenvalue weighted by molar-refractivity contribution is 0.465. The van der Waals surface area contributed by atoms with Gasteiger partial charge in [-0.1, -0.05) is 37.9 Å². The van der Waals surface area contributed by atoms with E-state index in [2.05, 4.69) is 38.4 Å². The molecule has 78 valence electrons. The van der Waals surface area contributed by atoms with Crippen molar-refractivity contribution in [2.24, 2.45) is 5.73 Å². The molecular weight excluding hydrogens is 333 g/mol. The van der Waals surface area contributed by atoms with Gasteiger partial charge in [0.05, 0.1) is 6.04 Å². The molecule has 0 aromatic heterocycles. The van der Waals surface area contributed by atoms with Gasteiger partial charge in [0.1, 0.15) is 5.75 Å². The quantitative estimate of drug-likeness (QED) is 0.807. The molecule has 0 spiro atoms. The van der Waals surface area contributed by atoms with Crippen LogP contribution in [0.1, 0.15) is 11.6 Å². The molecule has 1 aromatic rings. The summed E-state index contributed by atoms with van der Waals surface area (Å²) in [5.74, 6) is 0.161. The lowest BCUT2D eigenvalue weighted by Gasteiger charge is -2.11. The molecule has 2 nitrogen and oxygen atoms in total. The smallest absolute Gasteiger partial charge is 0.122 e. The Bertz CT molecular complexity index is 321. The van der Waals surface area contributed by atoms with Gasteiger partial charge in [-0.2, -0.15) is 0 Å². The van der Waals surface area contributed by atoms with Crippen molar-refractivity contribution in [3.63, 3.8) is 0 Å². The Labute approximate surface area is 106 Å². The van der Waals surface area contributed by atoms with E-state index in [-0.39, 0.29) is 24.2 Å². The molecule has 5 heteroatoms. The zero-order valence-corrected chi connectivity index (χ0v) is 11.2. The molecule has 1 atom stereocenters. The highest BCUT2D eigenvalue weighted by Gasteiger charge is 2.12. The van der Waals surface area contributed by atoms with Gasteiger partial charge in [-0.15, -0.1) is 19.0 Å². The first-order valence-electron chi connectivity index (χ1n) is 3.62. The summed E-state index contributed by atoms with van der Waals surface area (Å²) in [7, 11) is 0. The topological polar surface area (TPSA) is 46.2 Å². The average Bonchev–Trinajstić information content (AvgIpc) is 2.02. The van der Waals surface area contributed by atoms with Crippen LogP contribution in [0.5, 0.6) is 5.75 Å². The summed E-state index contributed by atoms with van der Waals surface area (Å²) in [6.07, 6.45) is 1.58. The highest BCUT2D eigenvalue weighted by molar-refractivity contribution is 9.11. The minimum Gasteiger partial charge on any atom is -0.508 e. The Morgan fingerprint density at radius 2 is 2.00 bits per heavy atom. The summed E-state index contributed by atoms with van der Waals surface area (Å²) in [5.41, 5.74) is 6.37. The predicted molar refractivity (Wildman–Crippen MR) is 67.9 cm³/mol. The second-order valence-electron chi connectivity index (χ2n) is 2.58. The summed E-state index contributed by atoms with van der Waals surface area (Å²) in [4.78, 5) is 0. The van der Waals surface area contributed by atoms with Crippen LogP contribution >= 0.6 is 44.3 Å². The summed E-state index contributed by atoms with van der Waals surface area (Å²) in [6, 6.07) is 3.07. The molecule has 14 heavy (non-hydrogen) atoms. The monoisotopic (exact) mass is 341 g/mol. The van der Waals surface area contributed by atoms with Crippen LogP contribution in [0.3, 0.4) is 0 Å². The number of rotatable bonds is 2. The van der Waals surface area contributed by atoms with Crippen molar-refractivity contribution in [2.45, 2.75) is 6.04 Å². The van der Waals surface area contributed by atoms with Crippen LogP contribution in [-0.2, 0) is 0 Å². The molecule has 1 rings (SSSR count). The number of benzene rings is 1. The molecule has 0 saturated heterocycles. The third kappa shape index (κ3) is 2.98. The molecular formula is C9H10Br2ClNO. The van der Waals surface area contributed by atoms with Crippen LogP contribution in [-0.4, -0.2) is 5.11 Å². The molecule has 0 unspecified atom stereocenters. The van der Waals surface area contributed by atoms with Crippen molar-refractivity contribution in [2.75, 3.05) is 0 Å². The molecule has 0 heterocycles. The normalized spacial score (nSPS) is 11.6. The molecule has 1 aromatic carbocycles. The fourth-order valence-corrected chi connectivity index (χ4v) is 2.49. The molecule has 0 saturated carbocycles. The Hall–Kier alpha value is -0.0300. The highest BCUT2D eigenvalue weighted by Crippen LogP contribution is 2.34. The number of nitrogens with two attached hydrogens (primary N) is 1. The number of phenolic OH excluding ortho intramolecular Hbond substituents is 1. The van der Waals surface area contributed by atoms with E-state index in [9.17, 15) is 5.11 Å². The van der Waals surface area contributed by atoms with Gasteiger partial charge in [0, 0.05) is 14.5 Å². The van der Waals surface area contributed by atoms with Crippen LogP contribution < -0.4 is 5.73 Å². The Morgan fingerprint density at radius 1 is 1.43 bits per heavy atom. The standard InChI is InChI=1S/C9H9Br2NO.ClH/c1-2-7(12)9-6(11)3-5(10)4-8(9)13;/h2-4,7,13H,1,12H2;1H/t7-;/m0./s1. The van der Waals surface area contributed by atoms with Crippen LogP contribution in [0.15, 0.2) is 33.7 Å². The Balaban J connectivity index is 0.00000169. The second-order valence-corrected chi connectivity index (χ2v) is 4.35. The first-order valence-corrected chi connectivity index (χ1v) is 5.21. The molecule has 0 aliphatic rings. The van der Waals surface area contributed by atoms with E-state index < -0.39 is 0 Å². The zero-order chi connectivity index (χ0) is 10.0. The van der Waals surface area contributed by atoms with Crippen LogP contribution in [0, 0.1) is 0 Å². The number of phenols is 1. The molecule has 0 fully saturated rings. The van der Waals surface area contributed by atoms with E-state index >= 15 is 0 Å². The van der Waals surface area contributed by atoms with E-state index in [0.717, 1.165) is 8.95 Å². The predicted octanol–water partition coefficient (Wildman–Crippen LogP) is 3.52. The molecule has 3 N–H and O–H groups in total. The lowest BCUT2D eigenvalue weighted by Crippen LogP contribution is -2.07. The van der Waals surface area contributed by atoms with Gasteiger partial charge in [-0.05, 0) is 12.1 Å². The molecule has 0 aliphatic heterocycles. The number of hydrogen-bond donors (Lipinski definition) is 2. The van der Waals surface area contributed by atoms with E-state index in [1.807, 2.05) is 6.07 Å². The third-order valence-electron chi connectivity index (χ3n) is 1.66. The fraction of sp³-hybridized carbons (Fsp3) is 0.111. The van der Waals surface area contributed by atoms with Crippen molar-refractivity contribution in [3.8, 4) is 5.75 Å². The highest BCUT2D eigenvalue weighted by atomic mass is 79.9. The average molecular weight is 343 g/mol. The number of aromatic hydroxyl groups is 1. The SMILES string of the molecule is C=C[C@H](N)c1c(O)cc(Br)cc1Br.Cl. The van der Waals surface area contributed by atoms with Gasteiger partial charge < -0.3 is 10.8 Å². The van der Waals surface area contributed by atoms with Crippen molar-refractivity contribution in [1.82, 2.24) is 0 Å². The zero-order valence-electron chi connectivity index (χ0n) is 7.21. The van der Waals surface area contributed by atoms with E-state index in [1.54, 1.807) is 12.1 Å². The fourth-order valence-electron chi connectivity index (χ4n) is 1.02. The van der Waals surface area contributed by atoms with Crippen molar-refractivity contribution in [1.29, 1.82) is 0 Å². The van der Waals surface area contributed by atoms with Crippen molar-refractivity contribution >= 4 is 44.3 Å². The van der Waals surface area contributed by atoms with Crippen LogP contribution in [0.4, 0.5) is 0 Å². The first-order chi connectivity index (χ1) is 6.06. The van der Waals surface area contributed by atoms with E-state index in [1.165, 1.54) is 0 Å².